The van der Waals surface area contributed by atoms with Crippen LogP contribution in [0.25, 0.3) is 0 Å². The molecule has 0 radical (unpaired) electrons. The second-order valence-corrected chi connectivity index (χ2v) is 4.66. The SMILES string of the molecule is Cc1cc(Cl)c(OC2CC2)c(CCC=O)c1. The molecule has 1 aromatic rings. The Balaban J connectivity index is 2.25. The summed E-state index contributed by atoms with van der Waals surface area (Å²) in [5.41, 5.74) is 2.15. The van der Waals surface area contributed by atoms with Crippen LogP contribution in [0.15, 0.2) is 12.1 Å². The zero-order valence-electron chi connectivity index (χ0n) is 9.33. The van der Waals surface area contributed by atoms with Crippen molar-refractivity contribution in [1.82, 2.24) is 0 Å². The van der Waals surface area contributed by atoms with Crippen LogP contribution < -0.4 is 4.74 Å². The number of aldehydes is 1. The zero-order valence-corrected chi connectivity index (χ0v) is 10.1. The van der Waals surface area contributed by atoms with Crippen LogP contribution in [0.1, 0.15) is 30.4 Å². The molecule has 0 N–H and O–H groups in total. The Morgan fingerprint density at radius 2 is 2.25 bits per heavy atom. The number of aryl methyl sites for hydroxylation is 2. The van der Waals surface area contributed by atoms with E-state index in [0.717, 1.165) is 36.0 Å². The Hall–Kier alpha value is -1.02. The van der Waals surface area contributed by atoms with Gasteiger partial charge in [0.2, 0.25) is 0 Å². The normalized spacial score (nSPS) is 14.9. The van der Waals surface area contributed by atoms with Gasteiger partial charge in [0.1, 0.15) is 12.0 Å². The highest BCUT2D eigenvalue weighted by molar-refractivity contribution is 6.32. The Morgan fingerprint density at radius 1 is 1.50 bits per heavy atom. The highest BCUT2D eigenvalue weighted by Gasteiger charge is 2.25. The number of hydrogen-bond acceptors (Lipinski definition) is 2. The third-order valence-corrected chi connectivity index (χ3v) is 2.89. The van der Waals surface area contributed by atoms with Crippen LogP contribution in [0.5, 0.6) is 5.75 Å². The molecule has 2 rings (SSSR count). The maximum atomic E-state index is 10.4. The number of benzene rings is 1. The fourth-order valence-corrected chi connectivity index (χ4v) is 2.02. The van der Waals surface area contributed by atoms with Gasteiger partial charge in [-0.25, -0.2) is 0 Å². The first-order chi connectivity index (χ1) is 7.70. The summed E-state index contributed by atoms with van der Waals surface area (Å²) in [5.74, 6) is 0.775. The summed E-state index contributed by atoms with van der Waals surface area (Å²) in [4.78, 5) is 10.4. The van der Waals surface area contributed by atoms with Gasteiger partial charge < -0.3 is 9.53 Å². The van der Waals surface area contributed by atoms with Crippen LogP contribution in [-0.4, -0.2) is 12.4 Å². The van der Waals surface area contributed by atoms with E-state index < -0.39 is 0 Å². The molecule has 2 nitrogen and oxygen atoms in total. The molecular weight excluding hydrogens is 224 g/mol. The van der Waals surface area contributed by atoms with Gasteiger partial charge in [0, 0.05) is 6.42 Å². The fraction of sp³-hybridized carbons (Fsp3) is 0.462. The average Bonchev–Trinajstić information content (AvgIpc) is 3.03. The lowest BCUT2D eigenvalue weighted by molar-refractivity contribution is -0.107. The van der Waals surface area contributed by atoms with E-state index in [9.17, 15) is 4.79 Å². The van der Waals surface area contributed by atoms with E-state index in [1.807, 2.05) is 19.1 Å². The highest BCUT2D eigenvalue weighted by Crippen LogP contribution is 2.36. The van der Waals surface area contributed by atoms with Gasteiger partial charge in [0.05, 0.1) is 11.1 Å². The van der Waals surface area contributed by atoms with Crippen LogP contribution in [0.2, 0.25) is 5.02 Å². The zero-order chi connectivity index (χ0) is 11.5. The fourth-order valence-electron chi connectivity index (χ4n) is 1.69. The summed E-state index contributed by atoms with van der Waals surface area (Å²) in [6.07, 6.45) is 4.69. The number of hydrogen-bond donors (Lipinski definition) is 0. The van der Waals surface area contributed by atoms with Crippen LogP contribution in [0.4, 0.5) is 0 Å². The van der Waals surface area contributed by atoms with Gasteiger partial charge in [-0.05, 0) is 43.4 Å². The van der Waals surface area contributed by atoms with E-state index in [-0.39, 0.29) is 0 Å². The van der Waals surface area contributed by atoms with Gasteiger partial charge in [-0.15, -0.1) is 0 Å². The molecule has 0 atom stereocenters. The Morgan fingerprint density at radius 3 is 2.88 bits per heavy atom. The summed E-state index contributed by atoms with van der Waals surface area (Å²) in [6.45, 7) is 2.00. The maximum absolute atomic E-state index is 10.4. The third kappa shape index (κ3) is 2.76. The molecule has 1 aromatic carbocycles. The van der Waals surface area contributed by atoms with Gasteiger partial charge in [-0.1, -0.05) is 17.7 Å². The predicted molar refractivity (Wildman–Crippen MR) is 64.2 cm³/mol. The first-order valence-electron chi connectivity index (χ1n) is 5.60. The minimum absolute atomic E-state index is 0.329. The monoisotopic (exact) mass is 238 g/mol. The van der Waals surface area contributed by atoms with Crippen molar-refractivity contribution < 1.29 is 9.53 Å². The quantitative estimate of drug-likeness (QED) is 0.736. The molecule has 0 amide bonds. The van der Waals surface area contributed by atoms with Crippen LogP contribution >= 0.6 is 11.6 Å². The third-order valence-electron chi connectivity index (χ3n) is 2.61. The summed E-state index contributed by atoms with van der Waals surface area (Å²) in [6, 6.07) is 3.96. The molecule has 3 heteroatoms. The molecule has 1 saturated carbocycles. The molecular formula is C13H15ClO2. The minimum Gasteiger partial charge on any atom is -0.489 e. The van der Waals surface area contributed by atoms with Crippen molar-refractivity contribution in [3.05, 3.63) is 28.3 Å². The molecule has 16 heavy (non-hydrogen) atoms. The van der Waals surface area contributed by atoms with E-state index in [0.29, 0.717) is 24.0 Å². The van der Waals surface area contributed by atoms with Crippen molar-refractivity contribution in [2.75, 3.05) is 0 Å². The molecule has 0 aromatic heterocycles. The number of ether oxygens (including phenoxy) is 1. The second-order valence-electron chi connectivity index (χ2n) is 4.26. The summed E-state index contributed by atoms with van der Waals surface area (Å²) < 4.78 is 5.79. The van der Waals surface area contributed by atoms with Crippen molar-refractivity contribution in [3.8, 4) is 5.75 Å². The van der Waals surface area contributed by atoms with E-state index in [4.69, 9.17) is 16.3 Å². The summed E-state index contributed by atoms with van der Waals surface area (Å²) >= 11 is 6.17. The Labute approximate surface area is 101 Å². The van der Waals surface area contributed by atoms with Gasteiger partial charge in [-0.2, -0.15) is 0 Å². The molecule has 0 heterocycles. The van der Waals surface area contributed by atoms with E-state index in [1.165, 1.54) is 0 Å². The second kappa shape index (κ2) is 4.88. The van der Waals surface area contributed by atoms with Gasteiger partial charge in [0.25, 0.3) is 0 Å². The molecule has 0 aliphatic heterocycles. The predicted octanol–water partition coefficient (Wildman–Crippen LogP) is 3.32. The van der Waals surface area contributed by atoms with Crippen LogP contribution in [-0.2, 0) is 11.2 Å². The smallest absolute Gasteiger partial charge is 0.141 e. The van der Waals surface area contributed by atoms with Gasteiger partial charge >= 0.3 is 0 Å². The lowest BCUT2D eigenvalue weighted by Crippen LogP contribution is -2.01. The standard InChI is InChI=1S/C13H15ClO2/c1-9-7-10(3-2-6-15)13(12(14)8-9)16-11-4-5-11/h6-8,11H,2-5H2,1H3. The summed E-state index contributed by atoms with van der Waals surface area (Å²) in [5, 5.41) is 0.660. The molecule has 86 valence electrons. The average molecular weight is 239 g/mol. The van der Waals surface area contributed by atoms with Gasteiger partial charge in [0.15, 0.2) is 0 Å². The topological polar surface area (TPSA) is 26.3 Å². The largest absolute Gasteiger partial charge is 0.489 e. The highest BCUT2D eigenvalue weighted by atomic mass is 35.5. The maximum Gasteiger partial charge on any atom is 0.141 e. The number of halogens is 1. The van der Waals surface area contributed by atoms with Crippen LogP contribution in [0.3, 0.4) is 0 Å². The van der Waals surface area contributed by atoms with Crippen molar-refractivity contribution in [3.63, 3.8) is 0 Å². The van der Waals surface area contributed by atoms with Gasteiger partial charge in [-0.3, -0.25) is 0 Å². The number of rotatable bonds is 5. The van der Waals surface area contributed by atoms with Crippen molar-refractivity contribution in [2.24, 2.45) is 0 Å². The lowest BCUT2D eigenvalue weighted by atomic mass is 10.1. The van der Waals surface area contributed by atoms with Crippen molar-refractivity contribution in [1.29, 1.82) is 0 Å². The van der Waals surface area contributed by atoms with Crippen molar-refractivity contribution >= 4 is 17.9 Å². The Kier molecular flexibility index (Phi) is 3.49. The Bertz CT molecular complexity index is 397. The van der Waals surface area contributed by atoms with Crippen molar-refractivity contribution in [2.45, 2.75) is 38.7 Å². The number of carbonyl (C=O) groups excluding carboxylic acids is 1. The first-order valence-corrected chi connectivity index (χ1v) is 5.98. The molecule has 1 aliphatic rings. The minimum atomic E-state index is 0.329. The summed E-state index contributed by atoms with van der Waals surface area (Å²) in [7, 11) is 0. The van der Waals surface area contributed by atoms with E-state index in [1.54, 1.807) is 0 Å². The molecule has 0 unspecified atom stereocenters. The van der Waals surface area contributed by atoms with E-state index in [2.05, 4.69) is 0 Å². The first kappa shape index (κ1) is 11.5. The number of carbonyl (C=O) groups is 1. The molecule has 1 aliphatic carbocycles. The van der Waals surface area contributed by atoms with E-state index >= 15 is 0 Å². The lowest BCUT2D eigenvalue weighted by Gasteiger charge is -2.13. The molecule has 0 saturated heterocycles. The molecule has 1 fully saturated rings. The van der Waals surface area contributed by atoms with Crippen LogP contribution in [0, 0.1) is 6.92 Å². The molecule has 0 spiro atoms. The molecule has 0 bridgehead atoms.